The van der Waals surface area contributed by atoms with Crippen LogP contribution in [0.25, 0.3) is 0 Å². The monoisotopic (exact) mass is 298 g/mol. The lowest BCUT2D eigenvalue weighted by atomic mass is 10.2. The van der Waals surface area contributed by atoms with Crippen molar-refractivity contribution >= 4 is 11.9 Å². The van der Waals surface area contributed by atoms with Crippen LogP contribution in [0.2, 0.25) is 0 Å². The van der Waals surface area contributed by atoms with Crippen LogP contribution < -0.4 is 0 Å². The van der Waals surface area contributed by atoms with Gasteiger partial charge in [-0.1, -0.05) is 0 Å². The minimum Gasteiger partial charge on any atom is -0.478 e. The molecule has 118 valence electrons. The van der Waals surface area contributed by atoms with Gasteiger partial charge >= 0.3 is 11.9 Å². The summed E-state index contributed by atoms with van der Waals surface area (Å²) < 4.78 is 5.59. The Kier molecular flexibility index (Phi) is 8.71. The highest BCUT2D eigenvalue weighted by molar-refractivity contribution is 5.89. The predicted molar refractivity (Wildman–Crippen MR) is 77.0 cm³/mol. The molecule has 1 aromatic rings. The smallest absolute Gasteiger partial charge is 0.328 e. The van der Waals surface area contributed by atoms with Crippen molar-refractivity contribution in [3.8, 4) is 0 Å². The Morgan fingerprint density at radius 3 is 2.24 bits per heavy atom. The minimum atomic E-state index is -1.26. The maximum atomic E-state index is 9.55. The zero-order valence-corrected chi connectivity index (χ0v) is 12.5. The lowest BCUT2D eigenvalue weighted by molar-refractivity contribution is -0.134. The maximum absolute atomic E-state index is 9.55. The summed E-state index contributed by atoms with van der Waals surface area (Å²) in [7, 11) is 0. The van der Waals surface area contributed by atoms with E-state index in [2.05, 4.69) is 30.7 Å². The van der Waals surface area contributed by atoms with Crippen molar-refractivity contribution in [3.05, 3.63) is 30.4 Å². The highest BCUT2D eigenvalue weighted by atomic mass is 16.5. The molecular weight excluding hydrogens is 276 g/mol. The van der Waals surface area contributed by atoms with E-state index >= 15 is 0 Å². The number of carbonyl (C=O) groups is 2. The predicted octanol–water partition coefficient (Wildman–Crippen LogP) is 1.87. The number of aryl methyl sites for hydroxylation is 1. The third kappa shape index (κ3) is 14.1. The summed E-state index contributed by atoms with van der Waals surface area (Å²) in [4.78, 5) is 26.1. The number of carboxylic acids is 2. The Balaban J connectivity index is 0.000000433. The van der Waals surface area contributed by atoms with Crippen LogP contribution in [-0.2, 0) is 20.7 Å². The number of H-pyrrole nitrogens is 1. The van der Waals surface area contributed by atoms with Crippen LogP contribution in [0.5, 0.6) is 0 Å². The van der Waals surface area contributed by atoms with E-state index in [4.69, 9.17) is 14.9 Å². The molecule has 0 atom stereocenters. The first kappa shape index (κ1) is 18.9. The zero-order valence-electron chi connectivity index (χ0n) is 12.5. The fraction of sp³-hybridized carbons (Fsp3) is 0.500. The second kappa shape index (κ2) is 9.71. The molecule has 0 fully saturated rings. The first-order chi connectivity index (χ1) is 9.70. The van der Waals surface area contributed by atoms with Gasteiger partial charge in [-0.05, 0) is 33.6 Å². The second-order valence-electron chi connectivity index (χ2n) is 5.15. The molecule has 0 aliphatic rings. The van der Waals surface area contributed by atoms with Crippen molar-refractivity contribution in [2.45, 2.75) is 39.2 Å². The SMILES string of the molecule is CC(C)(C)OCCCc1cnc[nH]1.O=C(O)/C=C\C(=O)O. The molecule has 1 heterocycles. The first-order valence-corrected chi connectivity index (χ1v) is 6.46. The average molecular weight is 298 g/mol. The van der Waals surface area contributed by atoms with Crippen LogP contribution >= 0.6 is 0 Å². The van der Waals surface area contributed by atoms with E-state index < -0.39 is 11.9 Å². The van der Waals surface area contributed by atoms with Gasteiger partial charge in [0.25, 0.3) is 0 Å². The summed E-state index contributed by atoms with van der Waals surface area (Å²) in [6.07, 6.45) is 6.73. The molecule has 0 saturated heterocycles. The zero-order chi connectivity index (χ0) is 16.3. The molecule has 0 saturated carbocycles. The highest BCUT2D eigenvalue weighted by Gasteiger charge is 2.08. The van der Waals surface area contributed by atoms with Crippen LogP contribution in [0, 0.1) is 0 Å². The molecule has 0 aliphatic carbocycles. The number of nitrogens with zero attached hydrogens (tertiary/aromatic N) is 1. The number of ether oxygens (including phenoxy) is 1. The van der Waals surface area contributed by atoms with Crippen LogP contribution in [0.1, 0.15) is 32.9 Å². The molecule has 0 aromatic carbocycles. The quantitative estimate of drug-likeness (QED) is 0.546. The molecule has 3 N–H and O–H groups in total. The third-order valence-electron chi connectivity index (χ3n) is 2.05. The van der Waals surface area contributed by atoms with E-state index in [1.54, 1.807) is 6.33 Å². The summed E-state index contributed by atoms with van der Waals surface area (Å²) in [5.74, 6) is -2.51. The van der Waals surface area contributed by atoms with Gasteiger partial charge in [0.15, 0.2) is 0 Å². The first-order valence-electron chi connectivity index (χ1n) is 6.46. The summed E-state index contributed by atoms with van der Waals surface area (Å²) >= 11 is 0. The summed E-state index contributed by atoms with van der Waals surface area (Å²) in [5.41, 5.74) is 1.16. The van der Waals surface area contributed by atoms with Gasteiger partial charge in [0.05, 0.1) is 11.9 Å². The van der Waals surface area contributed by atoms with Gasteiger partial charge in [0.2, 0.25) is 0 Å². The molecule has 7 nitrogen and oxygen atoms in total. The molecule has 21 heavy (non-hydrogen) atoms. The van der Waals surface area contributed by atoms with Crippen molar-refractivity contribution in [1.82, 2.24) is 9.97 Å². The van der Waals surface area contributed by atoms with Crippen LogP contribution in [0.3, 0.4) is 0 Å². The van der Waals surface area contributed by atoms with Crippen molar-refractivity contribution in [1.29, 1.82) is 0 Å². The van der Waals surface area contributed by atoms with Gasteiger partial charge in [-0.2, -0.15) is 0 Å². The number of imidazole rings is 1. The Labute approximate surface area is 123 Å². The number of rotatable bonds is 6. The molecular formula is C14H22N2O5. The Bertz CT molecular complexity index is 430. The molecule has 0 amide bonds. The fourth-order valence-corrected chi connectivity index (χ4v) is 1.20. The molecule has 0 spiro atoms. The molecule has 1 rings (SSSR count). The Morgan fingerprint density at radius 2 is 1.86 bits per heavy atom. The molecule has 7 heteroatoms. The van der Waals surface area contributed by atoms with E-state index in [0.29, 0.717) is 12.2 Å². The van der Waals surface area contributed by atoms with Gasteiger partial charge < -0.3 is 19.9 Å². The maximum Gasteiger partial charge on any atom is 0.328 e. The number of hydrogen-bond donors (Lipinski definition) is 3. The summed E-state index contributed by atoms with van der Waals surface area (Å²) in [6, 6.07) is 0. The van der Waals surface area contributed by atoms with Gasteiger partial charge in [-0.3, -0.25) is 0 Å². The van der Waals surface area contributed by atoms with Crippen LogP contribution in [-0.4, -0.2) is 44.3 Å². The topological polar surface area (TPSA) is 113 Å². The fourth-order valence-electron chi connectivity index (χ4n) is 1.20. The Morgan fingerprint density at radius 1 is 1.29 bits per heavy atom. The van der Waals surface area contributed by atoms with Crippen molar-refractivity contribution in [2.24, 2.45) is 0 Å². The van der Waals surface area contributed by atoms with Gasteiger partial charge in [0, 0.05) is 30.6 Å². The van der Waals surface area contributed by atoms with Crippen molar-refractivity contribution < 1.29 is 24.5 Å². The van der Waals surface area contributed by atoms with Gasteiger partial charge in [-0.25, -0.2) is 14.6 Å². The number of aliphatic carboxylic acids is 2. The number of aromatic nitrogens is 2. The van der Waals surface area contributed by atoms with E-state index in [9.17, 15) is 9.59 Å². The third-order valence-corrected chi connectivity index (χ3v) is 2.05. The molecule has 0 bridgehead atoms. The molecule has 1 aromatic heterocycles. The van der Waals surface area contributed by atoms with Crippen LogP contribution in [0.4, 0.5) is 0 Å². The summed E-state index contributed by atoms with van der Waals surface area (Å²) in [6.45, 7) is 7.03. The number of hydrogen-bond acceptors (Lipinski definition) is 4. The number of nitrogens with one attached hydrogen (secondary N) is 1. The van der Waals surface area contributed by atoms with Gasteiger partial charge in [-0.15, -0.1) is 0 Å². The second-order valence-corrected chi connectivity index (χ2v) is 5.15. The normalized spacial score (nSPS) is 11.0. The number of carboxylic acid groups (broad SMARTS) is 2. The standard InChI is InChI=1S/C10H18N2O.C4H4O4/c1-10(2,3)13-6-4-5-9-7-11-8-12-9;5-3(6)1-2-4(7)8/h7-8H,4-6H2,1-3H3,(H,11,12);1-2H,(H,5,6)(H,7,8)/b;2-1-. The largest absolute Gasteiger partial charge is 0.478 e. The lowest BCUT2D eigenvalue weighted by Crippen LogP contribution is -2.19. The minimum absolute atomic E-state index is 0.0199. The molecule has 0 aliphatic heterocycles. The molecule has 0 unspecified atom stereocenters. The average Bonchev–Trinajstić information content (AvgIpc) is 2.85. The molecule has 0 radical (unpaired) electrons. The van der Waals surface area contributed by atoms with E-state index in [1.165, 1.54) is 5.69 Å². The van der Waals surface area contributed by atoms with Crippen LogP contribution in [0.15, 0.2) is 24.7 Å². The Hall–Kier alpha value is -2.15. The van der Waals surface area contributed by atoms with E-state index in [0.717, 1.165) is 19.4 Å². The highest BCUT2D eigenvalue weighted by Crippen LogP contribution is 2.07. The summed E-state index contributed by atoms with van der Waals surface area (Å²) in [5, 5.41) is 15.6. The van der Waals surface area contributed by atoms with Gasteiger partial charge in [0.1, 0.15) is 0 Å². The van der Waals surface area contributed by atoms with E-state index in [-0.39, 0.29) is 5.60 Å². The van der Waals surface area contributed by atoms with Crippen molar-refractivity contribution in [2.75, 3.05) is 6.61 Å². The lowest BCUT2D eigenvalue weighted by Gasteiger charge is -2.19. The van der Waals surface area contributed by atoms with E-state index in [1.807, 2.05) is 6.20 Å². The number of aromatic amines is 1. The van der Waals surface area contributed by atoms with Crippen molar-refractivity contribution in [3.63, 3.8) is 0 Å².